The van der Waals surface area contributed by atoms with Crippen molar-refractivity contribution in [1.29, 1.82) is 0 Å². The minimum absolute atomic E-state index is 0.139. The predicted molar refractivity (Wildman–Crippen MR) is 67.8 cm³/mol. The fourth-order valence-corrected chi connectivity index (χ4v) is 1.44. The summed E-state index contributed by atoms with van der Waals surface area (Å²) in [6, 6.07) is 8.16. The second kappa shape index (κ2) is 5.87. The molecule has 16 heavy (non-hydrogen) atoms. The van der Waals surface area contributed by atoms with Crippen LogP contribution >= 0.6 is 0 Å². The average Bonchev–Trinajstić information content (AvgIpc) is 2.24. The van der Waals surface area contributed by atoms with E-state index in [2.05, 4.69) is 17.4 Å². The number of hydrogen-bond acceptors (Lipinski definition) is 3. The molecule has 0 fully saturated rings. The summed E-state index contributed by atoms with van der Waals surface area (Å²) in [6.45, 7) is 5.83. The van der Waals surface area contributed by atoms with E-state index < -0.39 is 0 Å². The van der Waals surface area contributed by atoms with E-state index in [0.717, 1.165) is 25.3 Å². The zero-order valence-corrected chi connectivity index (χ0v) is 10.4. The molecule has 0 bridgehead atoms. The Bertz CT molecular complexity index is 301. The van der Waals surface area contributed by atoms with E-state index >= 15 is 0 Å². The van der Waals surface area contributed by atoms with Crippen LogP contribution in [0, 0.1) is 0 Å². The molecule has 1 aromatic rings. The first-order valence-corrected chi connectivity index (χ1v) is 5.64. The van der Waals surface area contributed by atoms with Crippen LogP contribution < -0.4 is 15.8 Å². The fraction of sp³-hybridized carbons (Fsp3) is 0.538. The standard InChI is InChI=1S/C13H22N2O/c1-13(2,14)10-15-9-8-11-4-6-12(16-3)7-5-11/h4-7,15H,8-10,14H2,1-3H3. The third-order valence-electron chi connectivity index (χ3n) is 2.33. The first-order chi connectivity index (χ1) is 7.51. The van der Waals surface area contributed by atoms with E-state index in [4.69, 9.17) is 10.5 Å². The number of rotatable bonds is 6. The van der Waals surface area contributed by atoms with Gasteiger partial charge in [-0.25, -0.2) is 0 Å². The van der Waals surface area contributed by atoms with E-state index in [1.54, 1.807) is 7.11 Å². The Kier molecular flexibility index (Phi) is 4.77. The van der Waals surface area contributed by atoms with E-state index in [0.29, 0.717) is 0 Å². The van der Waals surface area contributed by atoms with Crippen LogP contribution in [0.5, 0.6) is 5.75 Å². The monoisotopic (exact) mass is 222 g/mol. The maximum absolute atomic E-state index is 5.87. The Morgan fingerprint density at radius 3 is 2.38 bits per heavy atom. The van der Waals surface area contributed by atoms with Gasteiger partial charge >= 0.3 is 0 Å². The smallest absolute Gasteiger partial charge is 0.118 e. The minimum atomic E-state index is -0.139. The topological polar surface area (TPSA) is 47.3 Å². The lowest BCUT2D eigenvalue weighted by atomic mass is 10.1. The Labute approximate surface area is 98.0 Å². The van der Waals surface area contributed by atoms with Gasteiger partial charge in [-0.05, 0) is 44.5 Å². The third kappa shape index (κ3) is 5.14. The fourth-order valence-electron chi connectivity index (χ4n) is 1.44. The van der Waals surface area contributed by atoms with Crippen molar-refractivity contribution in [2.24, 2.45) is 5.73 Å². The quantitative estimate of drug-likeness (QED) is 0.718. The van der Waals surface area contributed by atoms with E-state index in [9.17, 15) is 0 Å². The van der Waals surface area contributed by atoms with Crippen LogP contribution in [-0.4, -0.2) is 25.7 Å². The van der Waals surface area contributed by atoms with Gasteiger partial charge in [-0.3, -0.25) is 0 Å². The number of nitrogens with one attached hydrogen (secondary N) is 1. The summed E-state index contributed by atoms with van der Waals surface area (Å²) in [5.74, 6) is 0.903. The van der Waals surface area contributed by atoms with Crippen LogP contribution in [0.15, 0.2) is 24.3 Å². The highest BCUT2D eigenvalue weighted by atomic mass is 16.5. The highest BCUT2D eigenvalue weighted by Gasteiger charge is 2.08. The number of methoxy groups -OCH3 is 1. The molecule has 0 amide bonds. The van der Waals surface area contributed by atoms with Crippen LogP contribution in [0.3, 0.4) is 0 Å². The largest absolute Gasteiger partial charge is 0.497 e. The molecule has 0 saturated carbocycles. The molecule has 0 aliphatic rings. The summed E-state index contributed by atoms with van der Waals surface area (Å²) >= 11 is 0. The van der Waals surface area contributed by atoms with Gasteiger partial charge in [-0.15, -0.1) is 0 Å². The maximum atomic E-state index is 5.87. The van der Waals surface area contributed by atoms with Gasteiger partial charge in [0.1, 0.15) is 5.75 Å². The van der Waals surface area contributed by atoms with Gasteiger partial charge < -0.3 is 15.8 Å². The molecular formula is C13H22N2O. The molecule has 0 atom stereocenters. The van der Waals surface area contributed by atoms with Crippen molar-refractivity contribution in [1.82, 2.24) is 5.32 Å². The zero-order chi connectivity index (χ0) is 12.0. The van der Waals surface area contributed by atoms with Gasteiger partial charge in [0.05, 0.1) is 7.11 Å². The molecule has 0 heterocycles. The summed E-state index contributed by atoms with van der Waals surface area (Å²) in [5, 5.41) is 3.35. The van der Waals surface area contributed by atoms with Crippen LogP contribution in [-0.2, 0) is 6.42 Å². The zero-order valence-electron chi connectivity index (χ0n) is 10.4. The predicted octanol–water partition coefficient (Wildman–Crippen LogP) is 1.56. The number of nitrogens with two attached hydrogens (primary N) is 1. The SMILES string of the molecule is COc1ccc(CCNCC(C)(C)N)cc1. The number of ether oxygens (including phenoxy) is 1. The maximum Gasteiger partial charge on any atom is 0.118 e. The molecule has 3 heteroatoms. The molecule has 0 radical (unpaired) electrons. The van der Waals surface area contributed by atoms with Crippen molar-refractivity contribution >= 4 is 0 Å². The summed E-state index contributed by atoms with van der Waals surface area (Å²) in [7, 11) is 1.68. The Hall–Kier alpha value is -1.06. The lowest BCUT2D eigenvalue weighted by Gasteiger charge is -2.18. The first-order valence-electron chi connectivity index (χ1n) is 5.64. The molecule has 1 rings (SSSR count). The average molecular weight is 222 g/mol. The van der Waals surface area contributed by atoms with Gasteiger partial charge in [0.2, 0.25) is 0 Å². The van der Waals surface area contributed by atoms with Gasteiger partial charge in [-0.2, -0.15) is 0 Å². The van der Waals surface area contributed by atoms with Crippen molar-refractivity contribution in [2.75, 3.05) is 20.2 Å². The van der Waals surface area contributed by atoms with Gasteiger partial charge in [0.15, 0.2) is 0 Å². The Morgan fingerprint density at radius 2 is 1.88 bits per heavy atom. The lowest BCUT2D eigenvalue weighted by molar-refractivity contribution is 0.414. The molecule has 90 valence electrons. The van der Waals surface area contributed by atoms with Crippen molar-refractivity contribution in [3.63, 3.8) is 0 Å². The van der Waals surface area contributed by atoms with E-state index in [1.807, 2.05) is 26.0 Å². The van der Waals surface area contributed by atoms with Gasteiger partial charge in [0.25, 0.3) is 0 Å². The van der Waals surface area contributed by atoms with Crippen LogP contribution in [0.4, 0.5) is 0 Å². The summed E-state index contributed by atoms with van der Waals surface area (Å²) < 4.78 is 5.11. The van der Waals surface area contributed by atoms with Crippen molar-refractivity contribution < 1.29 is 4.74 Å². The third-order valence-corrected chi connectivity index (χ3v) is 2.33. The first kappa shape index (κ1) is 13.0. The minimum Gasteiger partial charge on any atom is -0.497 e. The van der Waals surface area contributed by atoms with Crippen LogP contribution in [0.2, 0.25) is 0 Å². The highest BCUT2D eigenvalue weighted by molar-refractivity contribution is 5.27. The van der Waals surface area contributed by atoms with Crippen LogP contribution in [0.25, 0.3) is 0 Å². The summed E-state index contributed by atoms with van der Waals surface area (Å²) in [5.41, 5.74) is 7.04. The van der Waals surface area contributed by atoms with E-state index in [1.165, 1.54) is 5.56 Å². The molecule has 0 aliphatic carbocycles. The van der Waals surface area contributed by atoms with Crippen molar-refractivity contribution in [2.45, 2.75) is 25.8 Å². The number of benzene rings is 1. The highest BCUT2D eigenvalue weighted by Crippen LogP contribution is 2.11. The molecule has 0 unspecified atom stereocenters. The normalized spacial score (nSPS) is 11.5. The Morgan fingerprint density at radius 1 is 1.25 bits per heavy atom. The van der Waals surface area contributed by atoms with Gasteiger partial charge in [0, 0.05) is 12.1 Å². The molecule has 0 spiro atoms. The molecule has 3 nitrogen and oxygen atoms in total. The Balaban J connectivity index is 2.27. The van der Waals surface area contributed by atoms with Crippen LogP contribution in [0.1, 0.15) is 19.4 Å². The molecule has 1 aromatic carbocycles. The molecule has 3 N–H and O–H groups in total. The molecule has 0 saturated heterocycles. The van der Waals surface area contributed by atoms with Gasteiger partial charge in [-0.1, -0.05) is 12.1 Å². The molecular weight excluding hydrogens is 200 g/mol. The summed E-state index contributed by atoms with van der Waals surface area (Å²) in [4.78, 5) is 0. The molecule has 0 aromatic heterocycles. The van der Waals surface area contributed by atoms with Crippen molar-refractivity contribution in [3.8, 4) is 5.75 Å². The second-order valence-corrected chi connectivity index (χ2v) is 4.76. The van der Waals surface area contributed by atoms with Crippen molar-refractivity contribution in [3.05, 3.63) is 29.8 Å². The number of hydrogen-bond donors (Lipinski definition) is 2. The summed E-state index contributed by atoms with van der Waals surface area (Å²) in [6.07, 6.45) is 1.01. The lowest BCUT2D eigenvalue weighted by Crippen LogP contribution is -2.43. The second-order valence-electron chi connectivity index (χ2n) is 4.76. The molecule has 0 aliphatic heterocycles. The van der Waals surface area contributed by atoms with E-state index in [-0.39, 0.29) is 5.54 Å².